The van der Waals surface area contributed by atoms with Gasteiger partial charge in [0.2, 0.25) is 0 Å². The zero-order chi connectivity index (χ0) is 13.1. The summed E-state index contributed by atoms with van der Waals surface area (Å²) < 4.78 is 0. The van der Waals surface area contributed by atoms with E-state index >= 15 is 0 Å². The van der Waals surface area contributed by atoms with Crippen LogP contribution in [0.3, 0.4) is 0 Å². The molecule has 0 spiro atoms. The van der Waals surface area contributed by atoms with Gasteiger partial charge in [-0.1, -0.05) is 20.3 Å². The summed E-state index contributed by atoms with van der Waals surface area (Å²) in [5, 5.41) is 0. The van der Waals surface area contributed by atoms with Crippen molar-refractivity contribution in [3.05, 3.63) is 0 Å². The number of rotatable bonds is 1. The van der Waals surface area contributed by atoms with Crippen molar-refractivity contribution in [2.75, 3.05) is 26.2 Å². The molecule has 4 heteroatoms. The molecule has 4 nitrogen and oxygen atoms in total. The van der Waals surface area contributed by atoms with Crippen LogP contribution in [0.1, 0.15) is 39.5 Å². The van der Waals surface area contributed by atoms with E-state index in [4.69, 9.17) is 5.73 Å². The number of likely N-dealkylation sites (tertiary alicyclic amines) is 2. The van der Waals surface area contributed by atoms with Crippen molar-refractivity contribution in [3.8, 4) is 0 Å². The summed E-state index contributed by atoms with van der Waals surface area (Å²) in [6.45, 7) is 7.95. The van der Waals surface area contributed by atoms with Gasteiger partial charge in [0.25, 0.3) is 0 Å². The predicted molar refractivity (Wildman–Crippen MR) is 73.3 cm³/mol. The quantitative estimate of drug-likeness (QED) is 0.776. The first-order valence-electron chi connectivity index (χ1n) is 7.41. The van der Waals surface area contributed by atoms with Crippen LogP contribution in [0.25, 0.3) is 0 Å². The summed E-state index contributed by atoms with van der Waals surface area (Å²) in [7, 11) is 0. The van der Waals surface area contributed by atoms with Gasteiger partial charge in [-0.25, -0.2) is 4.79 Å². The van der Waals surface area contributed by atoms with Gasteiger partial charge >= 0.3 is 6.03 Å². The summed E-state index contributed by atoms with van der Waals surface area (Å²) >= 11 is 0. The molecule has 2 fully saturated rings. The van der Waals surface area contributed by atoms with E-state index in [1.54, 1.807) is 0 Å². The lowest BCUT2D eigenvalue weighted by Gasteiger charge is -2.41. The van der Waals surface area contributed by atoms with Crippen LogP contribution in [-0.4, -0.2) is 48.1 Å². The number of hydrogen-bond acceptors (Lipinski definition) is 2. The molecule has 2 saturated heterocycles. The smallest absolute Gasteiger partial charge is 0.320 e. The molecule has 2 aliphatic heterocycles. The summed E-state index contributed by atoms with van der Waals surface area (Å²) in [5.74, 6) is 1.13. The summed E-state index contributed by atoms with van der Waals surface area (Å²) in [6, 6.07) is 0.520. The lowest BCUT2D eigenvalue weighted by Crippen LogP contribution is -2.54. The van der Waals surface area contributed by atoms with Crippen molar-refractivity contribution in [2.24, 2.45) is 17.6 Å². The third-order valence-electron chi connectivity index (χ3n) is 4.52. The van der Waals surface area contributed by atoms with Crippen molar-refractivity contribution in [1.29, 1.82) is 0 Å². The lowest BCUT2D eigenvalue weighted by molar-refractivity contribution is 0.105. The number of carbonyl (C=O) groups excluding carboxylic acids is 1. The van der Waals surface area contributed by atoms with Gasteiger partial charge < -0.3 is 15.5 Å². The number of amides is 2. The Balaban J connectivity index is 1.92. The molecule has 0 bridgehead atoms. The summed E-state index contributed by atoms with van der Waals surface area (Å²) in [6.07, 6.45) is 4.43. The Morgan fingerprint density at radius 1 is 1.22 bits per heavy atom. The Morgan fingerprint density at radius 3 is 2.61 bits per heavy atom. The molecule has 3 unspecified atom stereocenters. The van der Waals surface area contributed by atoms with E-state index in [1.165, 1.54) is 6.42 Å². The standard InChI is InChI=1S/C14H27N3O/c1-3-12-10-17(8-6-13(12)15)14(18)16-7-4-5-11(2)9-16/h11-13H,3-10,15H2,1-2H3. The Hall–Kier alpha value is -0.770. The number of carbonyl (C=O) groups is 1. The number of nitrogens with two attached hydrogens (primary N) is 1. The summed E-state index contributed by atoms with van der Waals surface area (Å²) in [5.41, 5.74) is 6.10. The average molecular weight is 253 g/mol. The van der Waals surface area contributed by atoms with Gasteiger partial charge in [-0.15, -0.1) is 0 Å². The van der Waals surface area contributed by atoms with Crippen LogP contribution in [0, 0.1) is 11.8 Å². The van der Waals surface area contributed by atoms with Gasteiger partial charge in [0.1, 0.15) is 0 Å². The van der Waals surface area contributed by atoms with Crippen molar-refractivity contribution in [1.82, 2.24) is 9.80 Å². The first-order chi connectivity index (χ1) is 8.61. The fourth-order valence-electron chi connectivity index (χ4n) is 3.22. The molecule has 0 aromatic carbocycles. The van der Waals surface area contributed by atoms with Crippen LogP contribution in [0.15, 0.2) is 0 Å². The molecule has 2 amide bonds. The van der Waals surface area contributed by atoms with E-state index < -0.39 is 0 Å². The first-order valence-corrected chi connectivity index (χ1v) is 7.41. The molecule has 0 aromatic rings. The lowest BCUT2D eigenvalue weighted by atomic mass is 9.91. The Morgan fingerprint density at radius 2 is 1.94 bits per heavy atom. The number of piperidine rings is 2. The maximum atomic E-state index is 12.5. The van der Waals surface area contributed by atoms with Gasteiger partial charge in [0, 0.05) is 32.2 Å². The van der Waals surface area contributed by atoms with Crippen LogP contribution in [0.2, 0.25) is 0 Å². The molecular formula is C14H27N3O. The molecule has 2 N–H and O–H groups in total. The molecule has 2 aliphatic rings. The molecular weight excluding hydrogens is 226 g/mol. The Labute approximate surface area is 110 Å². The SMILES string of the molecule is CCC1CN(C(=O)N2CCCC(C)C2)CCC1N. The largest absolute Gasteiger partial charge is 0.327 e. The van der Waals surface area contributed by atoms with Crippen molar-refractivity contribution in [2.45, 2.75) is 45.6 Å². The fraction of sp³-hybridized carbons (Fsp3) is 0.929. The number of hydrogen-bond donors (Lipinski definition) is 1. The minimum atomic E-state index is 0.243. The highest BCUT2D eigenvalue weighted by molar-refractivity contribution is 5.74. The second kappa shape index (κ2) is 5.91. The number of nitrogens with zero attached hydrogens (tertiary/aromatic N) is 2. The molecule has 2 rings (SSSR count). The average Bonchev–Trinajstić information content (AvgIpc) is 2.38. The fourth-order valence-corrected chi connectivity index (χ4v) is 3.22. The molecule has 0 radical (unpaired) electrons. The second-order valence-electron chi connectivity index (χ2n) is 6.04. The van der Waals surface area contributed by atoms with Crippen molar-refractivity contribution < 1.29 is 4.79 Å². The van der Waals surface area contributed by atoms with Crippen LogP contribution in [0.4, 0.5) is 4.79 Å². The normalized spacial score (nSPS) is 33.6. The Kier molecular flexibility index (Phi) is 4.49. The highest BCUT2D eigenvalue weighted by atomic mass is 16.2. The van der Waals surface area contributed by atoms with E-state index in [1.807, 2.05) is 9.80 Å². The predicted octanol–water partition coefficient (Wildman–Crippen LogP) is 1.90. The van der Waals surface area contributed by atoms with Crippen LogP contribution in [-0.2, 0) is 0 Å². The van der Waals surface area contributed by atoms with Crippen molar-refractivity contribution >= 4 is 6.03 Å². The minimum absolute atomic E-state index is 0.243. The molecule has 0 saturated carbocycles. The third kappa shape index (κ3) is 2.97. The third-order valence-corrected chi connectivity index (χ3v) is 4.52. The zero-order valence-electron chi connectivity index (χ0n) is 11.8. The maximum Gasteiger partial charge on any atom is 0.320 e. The molecule has 2 heterocycles. The maximum absolute atomic E-state index is 12.5. The highest BCUT2D eigenvalue weighted by Crippen LogP contribution is 2.22. The molecule has 18 heavy (non-hydrogen) atoms. The number of urea groups is 1. The van der Waals surface area contributed by atoms with Crippen LogP contribution in [0.5, 0.6) is 0 Å². The van der Waals surface area contributed by atoms with Gasteiger partial charge in [-0.3, -0.25) is 0 Å². The van der Waals surface area contributed by atoms with Gasteiger partial charge in [-0.05, 0) is 31.1 Å². The highest BCUT2D eigenvalue weighted by Gasteiger charge is 2.31. The van der Waals surface area contributed by atoms with E-state index in [0.717, 1.165) is 45.4 Å². The van der Waals surface area contributed by atoms with Crippen molar-refractivity contribution in [3.63, 3.8) is 0 Å². The minimum Gasteiger partial charge on any atom is -0.327 e. The molecule has 0 aliphatic carbocycles. The van der Waals surface area contributed by atoms with Gasteiger partial charge in [0.05, 0.1) is 0 Å². The monoisotopic (exact) mass is 253 g/mol. The van der Waals surface area contributed by atoms with E-state index in [9.17, 15) is 4.79 Å². The summed E-state index contributed by atoms with van der Waals surface area (Å²) in [4.78, 5) is 16.5. The second-order valence-corrected chi connectivity index (χ2v) is 6.04. The van der Waals surface area contributed by atoms with Crippen LogP contribution >= 0.6 is 0 Å². The van der Waals surface area contributed by atoms with Gasteiger partial charge in [0.15, 0.2) is 0 Å². The zero-order valence-corrected chi connectivity index (χ0v) is 11.8. The van der Waals surface area contributed by atoms with Crippen LogP contribution < -0.4 is 5.73 Å². The van der Waals surface area contributed by atoms with E-state index in [-0.39, 0.29) is 12.1 Å². The topological polar surface area (TPSA) is 49.6 Å². The van der Waals surface area contributed by atoms with E-state index in [2.05, 4.69) is 13.8 Å². The molecule has 0 aromatic heterocycles. The first kappa shape index (κ1) is 13.7. The molecule has 3 atom stereocenters. The Bertz CT molecular complexity index is 295. The molecule has 104 valence electrons. The van der Waals surface area contributed by atoms with Gasteiger partial charge in [-0.2, -0.15) is 0 Å². The van der Waals surface area contributed by atoms with E-state index in [0.29, 0.717) is 11.8 Å².